The highest BCUT2D eigenvalue weighted by atomic mass is 16.2. The van der Waals surface area contributed by atoms with Crippen LogP contribution in [0, 0.1) is 0 Å². The Labute approximate surface area is 137 Å². The first-order valence-corrected chi connectivity index (χ1v) is 8.49. The molecule has 2 heterocycles. The molecule has 0 aliphatic carbocycles. The van der Waals surface area contributed by atoms with Crippen LogP contribution in [-0.4, -0.2) is 40.4 Å². The van der Waals surface area contributed by atoms with Crippen molar-refractivity contribution in [3.8, 4) is 0 Å². The largest absolute Gasteiger partial charge is 0.338 e. The van der Waals surface area contributed by atoms with Gasteiger partial charge in [-0.15, -0.1) is 0 Å². The van der Waals surface area contributed by atoms with E-state index >= 15 is 0 Å². The number of amides is 3. The molecule has 3 amide bonds. The van der Waals surface area contributed by atoms with Crippen LogP contribution in [0.2, 0.25) is 0 Å². The second kappa shape index (κ2) is 6.60. The van der Waals surface area contributed by atoms with Crippen molar-refractivity contribution < 1.29 is 9.59 Å². The van der Waals surface area contributed by atoms with Crippen LogP contribution in [0.25, 0.3) is 0 Å². The zero-order valence-corrected chi connectivity index (χ0v) is 13.9. The summed E-state index contributed by atoms with van der Waals surface area (Å²) >= 11 is 0. The summed E-state index contributed by atoms with van der Waals surface area (Å²) in [6.07, 6.45) is 3.28. The van der Waals surface area contributed by atoms with Gasteiger partial charge in [-0.1, -0.05) is 24.3 Å². The van der Waals surface area contributed by atoms with Gasteiger partial charge in [-0.3, -0.25) is 4.79 Å². The van der Waals surface area contributed by atoms with E-state index in [2.05, 4.69) is 12.2 Å². The van der Waals surface area contributed by atoms with E-state index in [1.807, 2.05) is 29.2 Å². The summed E-state index contributed by atoms with van der Waals surface area (Å²) < 4.78 is 0. The summed E-state index contributed by atoms with van der Waals surface area (Å²) in [5, 5.41) is 2.87. The Morgan fingerprint density at radius 3 is 2.43 bits per heavy atom. The quantitative estimate of drug-likeness (QED) is 0.911. The zero-order valence-electron chi connectivity index (χ0n) is 13.9. The maximum Gasteiger partial charge on any atom is 0.318 e. The fraction of sp³-hybridized carbons (Fsp3) is 0.556. The SMILES string of the molecule is C[C@@H](NC(=O)N1Cc2ccccc2C1)C(=O)N1CCCC[C@@H]1C. The van der Waals surface area contributed by atoms with Crippen molar-refractivity contribution in [1.29, 1.82) is 0 Å². The molecule has 0 saturated carbocycles. The highest BCUT2D eigenvalue weighted by Crippen LogP contribution is 2.22. The minimum absolute atomic E-state index is 0.0299. The van der Waals surface area contributed by atoms with E-state index in [-0.39, 0.29) is 18.0 Å². The van der Waals surface area contributed by atoms with Gasteiger partial charge in [0.05, 0.1) is 0 Å². The van der Waals surface area contributed by atoms with Crippen LogP contribution in [0.3, 0.4) is 0 Å². The van der Waals surface area contributed by atoms with Crippen molar-refractivity contribution in [3.05, 3.63) is 35.4 Å². The van der Waals surface area contributed by atoms with Crippen molar-refractivity contribution in [2.45, 2.75) is 58.3 Å². The number of nitrogens with one attached hydrogen (secondary N) is 1. The normalized spacial score (nSPS) is 21.7. The molecule has 0 spiro atoms. The lowest BCUT2D eigenvalue weighted by molar-refractivity contribution is -0.136. The predicted molar refractivity (Wildman–Crippen MR) is 88.7 cm³/mol. The summed E-state index contributed by atoms with van der Waals surface area (Å²) in [5.41, 5.74) is 2.37. The Kier molecular flexibility index (Phi) is 4.55. The van der Waals surface area contributed by atoms with Crippen molar-refractivity contribution in [2.24, 2.45) is 0 Å². The molecule has 0 unspecified atom stereocenters. The number of likely N-dealkylation sites (tertiary alicyclic amines) is 1. The number of fused-ring (bicyclic) bond motifs is 1. The predicted octanol–water partition coefficient (Wildman–Crippen LogP) is 2.50. The highest BCUT2D eigenvalue weighted by molar-refractivity contribution is 5.87. The molecular formula is C18H25N3O2. The van der Waals surface area contributed by atoms with Crippen LogP contribution in [0.4, 0.5) is 4.79 Å². The van der Waals surface area contributed by atoms with E-state index in [0.717, 1.165) is 19.4 Å². The first-order valence-electron chi connectivity index (χ1n) is 8.49. The Hall–Kier alpha value is -2.04. The number of hydrogen-bond donors (Lipinski definition) is 1. The lowest BCUT2D eigenvalue weighted by atomic mass is 10.0. The topological polar surface area (TPSA) is 52.7 Å². The van der Waals surface area contributed by atoms with Gasteiger partial charge in [0, 0.05) is 25.7 Å². The summed E-state index contributed by atoms with van der Waals surface area (Å²) in [4.78, 5) is 28.7. The number of nitrogens with zero attached hydrogens (tertiary/aromatic N) is 2. The third-order valence-electron chi connectivity index (χ3n) is 4.92. The summed E-state index contributed by atoms with van der Waals surface area (Å²) in [5.74, 6) is 0.0299. The van der Waals surface area contributed by atoms with Gasteiger partial charge in [0.15, 0.2) is 0 Å². The molecule has 0 bridgehead atoms. The van der Waals surface area contributed by atoms with Gasteiger partial charge in [-0.25, -0.2) is 4.79 Å². The van der Waals surface area contributed by atoms with Crippen LogP contribution in [-0.2, 0) is 17.9 Å². The minimum atomic E-state index is -0.480. The molecule has 5 heteroatoms. The molecule has 2 aliphatic heterocycles. The summed E-state index contributed by atoms with van der Waals surface area (Å²) in [6, 6.07) is 7.71. The number of carbonyl (C=O) groups is 2. The average molecular weight is 315 g/mol. The third kappa shape index (κ3) is 3.33. The van der Waals surface area contributed by atoms with Crippen LogP contribution in [0.1, 0.15) is 44.2 Å². The smallest absolute Gasteiger partial charge is 0.318 e. The molecule has 0 radical (unpaired) electrons. The zero-order chi connectivity index (χ0) is 16.4. The van der Waals surface area contributed by atoms with Crippen LogP contribution < -0.4 is 5.32 Å². The molecule has 5 nitrogen and oxygen atoms in total. The van der Waals surface area contributed by atoms with E-state index in [1.54, 1.807) is 11.8 Å². The van der Waals surface area contributed by atoms with E-state index < -0.39 is 6.04 Å². The molecule has 2 atom stereocenters. The molecule has 3 rings (SSSR count). The fourth-order valence-corrected chi connectivity index (χ4v) is 3.49. The molecule has 1 fully saturated rings. The van der Waals surface area contributed by atoms with Crippen LogP contribution >= 0.6 is 0 Å². The third-order valence-corrected chi connectivity index (χ3v) is 4.92. The summed E-state index contributed by atoms with van der Waals surface area (Å²) in [7, 11) is 0. The second-order valence-electron chi connectivity index (χ2n) is 6.67. The van der Waals surface area contributed by atoms with E-state index in [9.17, 15) is 9.59 Å². The van der Waals surface area contributed by atoms with Crippen LogP contribution in [0.5, 0.6) is 0 Å². The van der Waals surface area contributed by atoms with Crippen molar-refractivity contribution >= 4 is 11.9 Å². The van der Waals surface area contributed by atoms with E-state index in [1.165, 1.54) is 17.5 Å². The Morgan fingerprint density at radius 2 is 1.83 bits per heavy atom. The lowest BCUT2D eigenvalue weighted by Crippen LogP contribution is -2.53. The standard InChI is InChI=1S/C18H25N3O2/c1-13-7-5-6-10-21(13)17(22)14(2)19-18(23)20-11-15-8-3-4-9-16(15)12-20/h3-4,8-9,13-14H,5-7,10-12H2,1-2H3,(H,19,23)/t13-,14+/m0/s1. The molecular weight excluding hydrogens is 290 g/mol. The Morgan fingerprint density at radius 1 is 1.17 bits per heavy atom. The number of urea groups is 1. The monoisotopic (exact) mass is 315 g/mol. The fourth-order valence-electron chi connectivity index (χ4n) is 3.49. The minimum Gasteiger partial charge on any atom is -0.338 e. The molecule has 1 saturated heterocycles. The molecule has 23 heavy (non-hydrogen) atoms. The molecule has 1 aromatic rings. The van der Waals surface area contributed by atoms with Gasteiger partial charge < -0.3 is 15.1 Å². The van der Waals surface area contributed by atoms with E-state index in [0.29, 0.717) is 13.1 Å². The Bertz CT molecular complexity index is 577. The average Bonchev–Trinajstić information content (AvgIpc) is 2.99. The number of rotatable bonds is 2. The van der Waals surface area contributed by atoms with Gasteiger partial charge >= 0.3 is 6.03 Å². The van der Waals surface area contributed by atoms with Crippen molar-refractivity contribution in [2.75, 3.05) is 6.54 Å². The molecule has 1 N–H and O–H groups in total. The first kappa shape index (κ1) is 15.8. The van der Waals surface area contributed by atoms with E-state index in [4.69, 9.17) is 0 Å². The molecule has 124 valence electrons. The van der Waals surface area contributed by atoms with Gasteiger partial charge in [0.25, 0.3) is 0 Å². The van der Waals surface area contributed by atoms with Gasteiger partial charge in [0.1, 0.15) is 6.04 Å². The maximum atomic E-state index is 12.6. The second-order valence-corrected chi connectivity index (χ2v) is 6.67. The molecule has 0 aromatic heterocycles. The first-order chi connectivity index (χ1) is 11.1. The van der Waals surface area contributed by atoms with Crippen LogP contribution in [0.15, 0.2) is 24.3 Å². The Balaban J connectivity index is 1.57. The van der Waals surface area contributed by atoms with Gasteiger partial charge in [-0.05, 0) is 44.2 Å². The van der Waals surface area contributed by atoms with Gasteiger partial charge in [0.2, 0.25) is 5.91 Å². The maximum absolute atomic E-state index is 12.6. The number of benzene rings is 1. The number of piperidine rings is 1. The molecule has 2 aliphatic rings. The number of hydrogen-bond acceptors (Lipinski definition) is 2. The molecule has 1 aromatic carbocycles. The van der Waals surface area contributed by atoms with Crippen molar-refractivity contribution in [3.63, 3.8) is 0 Å². The number of carbonyl (C=O) groups excluding carboxylic acids is 2. The lowest BCUT2D eigenvalue weighted by Gasteiger charge is -2.35. The van der Waals surface area contributed by atoms with Gasteiger partial charge in [-0.2, -0.15) is 0 Å². The summed E-state index contributed by atoms with van der Waals surface area (Å²) in [6.45, 7) is 5.90. The van der Waals surface area contributed by atoms with Crippen molar-refractivity contribution in [1.82, 2.24) is 15.1 Å². The highest BCUT2D eigenvalue weighted by Gasteiger charge is 2.30.